The van der Waals surface area contributed by atoms with Gasteiger partial charge in [0.1, 0.15) is 0 Å². The van der Waals surface area contributed by atoms with E-state index in [2.05, 4.69) is 5.32 Å². The molecule has 2 nitrogen and oxygen atoms in total. The number of hydrogen-bond donors (Lipinski definition) is 1. The lowest BCUT2D eigenvalue weighted by Gasteiger charge is -2.16. The van der Waals surface area contributed by atoms with E-state index < -0.39 is 0 Å². The lowest BCUT2D eigenvalue weighted by atomic mass is 10.1. The summed E-state index contributed by atoms with van der Waals surface area (Å²) in [5, 5.41) is 3.93. The molecule has 2 rings (SSSR count). The summed E-state index contributed by atoms with van der Waals surface area (Å²) in [5.74, 6) is -0.0939. The summed E-state index contributed by atoms with van der Waals surface area (Å²) in [6.07, 6.45) is 0. The fourth-order valence-corrected chi connectivity index (χ4v) is 2.17. The van der Waals surface area contributed by atoms with Gasteiger partial charge in [0.2, 0.25) is 0 Å². The fourth-order valence-electron chi connectivity index (χ4n) is 1.97. The number of benzene rings is 2. The molecule has 0 radical (unpaired) electrons. The number of hydrogen-bond acceptors (Lipinski definition) is 2. The molecule has 0 aromatic heterocycles. The van der Waals surface area contributed by atoms with E-state index in [1.807, 2.05) is 38.1 Å². The van der Waals surface area contributed by atoms with Crippen LogP contribution in [0.1, 0.15) is 25.5 Å². The maximum absolute atomic E-state index is 13.8. The van der Waals surface area contributed by atoms with Crippen LogP contribution in [0.3, 0.4) is 0 Å². The molecule has 1 N–H and O–H groups in total. The van der Waals surface area contributed by atoms with Crippen LogP contribution in [0.5, 0.6) is 5.75 Å². The molecule has 4 heteroatoms. The Bertz CT molecular complexity index is 588. The molecule has 0 heterocycles. The second-order valence-corrected chi connectivity index (χ2v) is 4.94. The quantitative estimate of drug-likeness (QED) is 0.833. The van der Waals surface area contributed by atoms with Gasteiger partial charge in [-0.2, -0.15) is 0 Å². The molecule has 2 aromatic carbocycles. The Morgan fingerprint density at radius 1 is 1.25 bits per heavy atom. The van der Waals surface area contributed by atoms with Crippen molar-refractivity contribution in [3.05, 3.63) is 58.9 Å². The summed E-state index contributed by atoms with van der Waals surface area (Å²) in [6.45, 7) is 4.27. The summed E-state index contributed by atoms with van der Waals surface area (Å²) >= 11 is 5.97. The third kappa shape index (κ3) is 3.64. The van der Waals surface area contributed by atoms with E-state index in [4.69, 9.17) is 16.3 Å². The highest BCUT2D eigenvalue weighted by atomic mass is 35.5. The van der Waals surface area contributed by atoms with Gasteiger partial charge in [0.25, 0.3) is 0 Å². The Morgan fingerprint density at radius 3 is 2.70 bits per heavy atom. The first kappa shape index (κ1) is 14.7. The van der Waals surface area contributed by atoms with Gasteiger partial charge in [-0.1, -0.05) is 23.7 Å². The first-order valence-corrected chi connectivity index (χ1v) is 6.92. The molecule has 20 heavy (non-hydrogen) atoms. The molecule has 1 atom stereocenters. The topological polar surface area (TPSA) is 21.3 Å². The summed E-state index contributed by atoms with van der Waals surface area (Å²) in [5.41, 5.74) is 1.75. The molecule has 0 fully saturated rings. The summed E-state index contributed by atoms with van der Waals surface area (Å²) in [6, 6.07) is 12.5. The van der Waals surface area contributed by atoms with Gasteiger partial charge in [-0.25, -0.2) is 4.39 Å². The molecule has 0 saturated carbocycles. The van der Waals surface area contributed by atoms with Gasteiger partial charge in [0.05, 0.1) is 6.61 Å². The SMILES string of the molecule is CCOc1ccc(NC(C)c2cccc(Cl)c2)cc1F. The second-order valence-electron chi connectivity index (χ2n) is 4.50. The number of halogens is 2. The highest BCUT2D eigenvalue weighted by Gasteiger charge is 2.08. The zero-order valence-electron chi connectivity index (χ0n) is 11.5. The Kier molecular flexibility index (Phi) is 4.85. The van der Waals surface area contributed by atoms with E-state index in [0.717, 1.165) is 5.56 Å². The summed E-state index contributed by atoms with van der Waals surface area (Å²) in [4.78, 5) is 0. The maximum atomic E-state index is 13.8. The van der Waals surface area contributed by atoms with Gasteiger partial charge in [-0.05, 0) is 43.7 Å². The van der Waals surface area contributed by atoms with Crippen molar-refractivity contribution in [1.29, 1.82) is 0 Å². The molecule has 0 spiro atoms. The molecule has 106 valence electrons. The Hall–Kier alpha value is -1.74. The van der Waals surface area contributed by atoms with Crippen LogP contribution in [-0.4, -0.2) is 6.61 Å². The van der Waals surface area contributed by atoms with Gasteiger partial charge in [0.15, 0.2) is 11.6 Å². The van der Waals surface area contributed by atoms with Crippen molar-refractivity contribution >= 4 is 17.3 Å². The zero-order valence-corrected chi connectivity index (χ0v) is 12.2. The molecule has 0 saturated heterocycles. The van der Waals surface area contributed by atoms with Crippen LogP contribution in [0.2, 0.25) is 5.02 Å². The van der Waals surface area contributed by atoms with E-state index >= 15 is 0 Å². The van der Waals surface area contributed by atoms with Crippen LogP contribution in [0.15, 0.2) is 42.5 Å². The van der Waals surface area contributed by atoms with Crippen molar-refractivity contribution < 1.29 is 9.13 Å². The smallest absolute Gasteiger partial charge is 0.167 e. The predicted molar refractivity (Wildman–Crippen MR) is 81.1 cm³/mol. The minimum absolute atomic E-state index is 0.0334. The van der Waals surface area contributed by atoms with Crippen LogP contribution in [0.25, 0.3) is 0 Å². The highest BCUT2D eigenvalue weighted by molar-refractivity contribution is 6.30. The van der Waals surface area contributed by atoms with Gasteiger partial charge in [-0.3, -0.25) is 0 Å². The average molecular weight is 294 g/mol. The molecule has 0 aliphatic rings. The van der Waals surface area contributed by atoms with Gasteiger partial charge < -0.3 is 10.1 Å². The van der Waals surface area contributed by atoms with Crippen LogP contribution >= 0.6 is 11.6 Å². The lowest BCUT2D eigenvalue weighted by Crippen LogP contribution is -2.07. The molecule has 2 aromatic rings. The molecule has 0 bridgehead atoms. The van der Waals surface area contributed by atoms with Gasteiger partial charge in [-0.15, -0.1) is 0 Å². The van der Waals surface area contributed by atoms with Crippen LogP contribution in [-0.2, 0) is 0 Å². The first-order chi connectivity index (χ1) is 9.60. The highest BCUT2D eigenvalue weighted by Crippen LogP contribution is 2.25. The van der Waals surface area contributed by atoms with E-state index in [9.17, 15) is 4.39 Å². The number of anilines is 1. The zero-order chi connectivity index (χ0) is 14.5. The average Bonchev–Trinajstić information content (AvgIpc) is 2.42. The lowest BCUT2D eigenvalue weighted by molar-refractivity contribution is 0.321. The third-order valence-electron chi connectivity index (χ3n) is 2.96. The number of ether oxygens (including phenoxy) is 1. The first-order valence-electron chi connectivity index (χ1n) is 6.54. The van der Waals surface area contributed by atoms with Crippen molar-refractivity contribution in [2.24, 2.45) is 0 Å². The van der Waals surface area contributed by atoms with Crippen LogP contribution in [0.4, 0.5) is 10.1 Å². The molecule has 0 amide bonds. The Balaban J connectivity index is 2.11. The molecule has 1 unspecified atom stereocenters. The Labute approximate surface area is 123 Å². The van der Waals surface area contributed by atoms with E-state index in [1.165, 1.54) is 6.07 Å². The van der Waals surface area contributed by atoms with Crippen molar-refractivity contribution in [3.63, 3.8) is 0 Å². The Morgan fingerprint density at radius 2 is 2.05 bits per heavy atom. The molecule has 0 aliphatic carbocycles. The van der Waals surface area contributed by atoms with Crippen molar-refractivity contribution in [1.82, 2.24) is 0 Å². The minimum atomic E-state index is -0.366. The van der Waals surface area contributed by atoms with Crippen LogP contribution in [0, 0.1) is 5.82 Å². The van der Waals surface area contributed by atoms with Gasteiger partial charge in [0, 0.05) is 22.8 Å². The summed E-state index contributed by atoms with van der Waals surface area (Å²) < 4.78 is 18.9. The normalized spacial score (nSPS) is 12.0. The van der Waals surface area contributed by atoms with E-state index in [1.54, 1.807) is 12.1 Å². The minimum Gasteiger partial charge on any atom is -0.491 e. The van der Waals surface area contributed by atoms with Crippen LogP contribution < -0.4 is 10.1 Å². The maximum Gasteiger partial charge on any atom is 0.167 e. The van der Waals surface area contributed by atoms with E-state index in [-0.39, 0.29) is 17.6 Å². The van der Waals surface area contributed by atoms with Crippen molar-refractivity contribution in [3.8, 4) is 5.75 Å². The number of rotatable bonds is 5. The monoisotopic (exact) mass is 293 g/mol. The van der Waals surface area contributed by atoms with Gasteiger partial charge >= 0.3 is 0 Å². The fraction of sp³-hybridized carbons (Fsp3) is 0.250. The second kappa shape index (κ2) is 6.62. The number of nitrogens with one attached hydrogen (secondary N) is 1. The molecular formula is C16H17ClFNO. The van der Waals surface area contributed by atoms with Crippen molar-refractivity contribution in [2.75, 3.05) is 11.9 Å². The standard InChI is InChI=1S/C16H17ClFNO/c1-3-20-16-8-7-14(10-15(16)18)19-11(2)12-5-4-6-13(17)9-12/h4-11,19H,3H2,1-2H3. The molecule has 0 aliphatic heterocycles. The predicted octanol–water partition coefficient (Wildman–Crippen LogP) is 5.05. The largest absolute Gasteiger partial charge is 0.491 e. The van der Waals surface area contributed by atoms with E-state index in [0.29, 0.717) is 17.3 Å². The van der Waals surface area contributed by atoms with Crippen molar-refractivity contribution in [2.45, 2.75) is 19.9 Å². The third-order valence-corrected chi connectivity index (χ3v) is 3.20. The molecular weight excluding hydrogens is 277 g/mol. The summed E-state index contributed by atoms with van der Waals surface area (Å²) in [7, 11) is 0.